The molecular weight excluding hydrogens is 725 g/mol. The molecule has 225 valence electrons. The van der Waals surface area contributed by atoms with Crippen LogP contribution < -0.4 is 0 Å². The Labute approximate surface area is 280 Å². The van der Waals surface area contributed by atoms with Gasteiger partial charge < -0.3 is 9.97 Å². The van der Waals surface area contributed by atoms with Crippen molar-refractivity contribution in [2.24, 2.45) is 5.41 Å². The van der Waals surface area contributed by atoms with E-state index in [4.69, 9.17) is 0 Å². The van der Waals surface area contributed by atoms with Crippen molar-refractivity contribution in [1.82, 2.24) is 9.97 Å². The van der Waals surface area contributed by atoms with Gasteiger partial charge in [-0.3, -0.25) is 0 Å². The Morgan fingerprint density at radius 2 is 1.38 bits per heavy atom. The molecule has 0 aliphatic heterocycles. The summed E-state index contributed by atoms with van der Waals surface area (Å²) in [6, 6.07) is 48.7. The molecule has 0 aliphatic rings. The minimum atomic E-state index is 0. The molecule has 0 saturated carbocycles. The maximum Gasteiger partial charge on any atom is 0.0193 e. The number of aryl methyl sites for hydroxylation is 1. The summed E-state index contributed by atoms with van der Waals surface area (Å²) in [6.45, 7) is 8.80. The third kappa shape index (κ3) is 7.81. The van der Waals surface area contributed by atoms with Crippen molar-refractivity contribution >= 4 is 21.5 Å². The summed E-state index contributed by atoms with van der Waals surface area (Å²) in [6.07, 6.45) is 4.85. The Balaban J connectivity index is 0.000000186. The molecule has 0 saturated heterocycles. The fourth-order valence-corrected chi connectivity index (χ4v) is 5.56. The van der Waals surface area contributed by atoms with Gasteiger partial charge in [0.05, 0.1) is 0 Å². The molecule has 0 aliphatic carbocycles. The van der Waals surface area contributed by atoms with Gasteiger partial charge in [0, 0.05) is 32.5 Å². The van der Waals surface area contributed by atoms with Gasteiger partial charge in [0.1, 0.15) is 0 Å². The first-order valence-electron chi connectivity index (χ1n) is 15.1. The minimum absolute atomic E-state index is 0. The largest absolute Gasteiger partial charge is 0.305 e. The van der Waals surface area contributed by atoms with Crippen LogP contribution in [0.15, 0.2) is 134 Å². The molecule has 0 bridgehead atoms. The van der Waals surface area contributed by atoms with Crippen LogP contribution in [0.1, 0.15) is 31.9 Å². The average molecular weight is 761 g/mol. The molecule has 2 nitrogen and oxygen atoms in total. The van der Waals surface area contributed by atoms with Gasteiger partial charge in [-0.05, 0) is 68.0 Å². The van der Waals surface area contributed by atoms with Gasteiger partial charge in [-0.1, -0.05) is 100 Å². The number of hydrogen-bond donors (Lipinski definition) is 0. The fraction of sp³-hybridized carbons (Fsp3) is 0.143. The van der Waals surface area contributed by atoms with Crippen LogP contribution in [0, 0.1) is 24.5 Å². The number of rotatable bonds is 4. The molecule has 0 unspecified atom stereocenters. The second-order valence-corrected chi connectivity index (χ2v) is 12.5. The van der Waals surface area contributed by atoms with Crippen LogP contribution in [0.4, 0.5) is 0 Å². The van der Waals surface area contributed by atoms with Crippen LogP contribution in [0.2, 0.25) is 0 Å². The van der Waals surface area contributed by atoms with E-state index in [0.29, 0.717) is 5.41 Å². The third-order valence-corrected chi connectivity index (χ3v) is 7.62. The maximum absolute atomic E-state index is 4.53. The second-order valence-electron chi connectivity index (χ2n) is 12.5. The Kier molecular flexibility index (Phi) is 10.0. The van der Waals surface area contributed by atoms with Crippen molar-refractivity contribution in [1.29, 1.82) is 0 Å². The Morgan fingerprint density at radius 3 is 2.07 bits per heavy atom. The zero-order valence-electron chi connectivity index (χ0n) is 26.1. The molecule has 0 spiro atoms. The van der Waals surface area contributed by atoms with Gasteiger partial charge in [0.2, 0.25) is 0 Å². The smallest absolute Gasteiger partial charge is 0.0193 e. The first kappa shape index (κ1) is 32.0. The molecule has 3 heteroatoms. The Hall–Kier alpha value is -4.43. The van der Waals surface area contributed by atoms with Crippen molar-refractivity contribution in [3.8, 4) is 33.6 Å². The van der Waals surface area contributed by atoms with Crippen LogP contribution in [-0.4, -0.2) is 9.97 Å². The van der Waals surface area contributed by atoms with Crippen molar-refractivity contribution in [3.63, 3.8) is 0 Å². The summed E-state index contributed by atoms with van der Waals surface area (Å²) < 4.78 is 0. The molecule has 5 aromatic carbocycles. The standard InChI is InChI=1S/C25H16N.C17H20N.Ir/c1-2-11-21-19(8-1)17-24(23-13-4-3-12-22(21)23)18-9-7-10-20(16-18)25-14-5-6-15-26-25;1-13-5-8-15(9-6-13)16-10-7-14(12-18-16)11-17(2,3)4;/h1-9,11-17H;5-8,10,12H,11H2,1-4H3;/q2*-1;. The first-order chi connectivity index (χ1) is 21.3. The van der Waals surface area contributed by atoms with E-state index >= 15 is 0 Å². The van der Waals surface area contributed by atoms with Crippen LogP contribution >= 0.6 is 0 Å². The van der Waals surface area contributed by atoms with E-state index in [1.807, 2.05) is 42.7 Å². The summed E-state index contributed by atoms with van der Waals surface area (Å²) in [4.78, 5) is 9.00. The summed E-state index contributed by atoms with van der Waals surface area (Å²) in [7, 11) is 0. The summed E-state index contributed by atoms with van der Waals surface area (Å²) in [5.41, 5.74) is 9.26. The number of fused-ring (bicyclic) bond motifs is 3. The number of nitrogens with zero attached hydrogens (tertiary/aromatic N) is 2. The third-order valence-electron chi connectivity index (χ3n) is 7.62. The van der Waals surface area contributed by atoms with E-state index in [2.05, 4.69) is 141 Å². The molecule has 0 N–H and O–H groups in total. The zero-order valence-corrected chi connectivity index (χ0v) is 28.5. The van der Waals surface area contributed by atoms with Gasteiger partial charge in [0.15, 0.2) is 0 Å². The Morgan fingerprint density at radius 1 is 0.644 bits per heavy atom. The van der Waals surface area contributed by atoms with Crippen LogP contribution in [-0.2, 0) is 26.5 Å². The van der Waals surface area contributed by atoms with Crippen LogP contribution in [0.25, 0.3) is 55.2 Å². The summed E-state index contributed by atoms with van der Waals surface area (Å²) >= 11 is 0. The van der Waals surface area contributed by atoms with Gasteiger partial charge in [0.25, 0.3) is 0 Å². The van der Waals surface area contributed by atoms with Gasteiger partial charge >= 0.3 is 0 Å². The molecule has 7 aromatic rings. The van der Waals surface area contributed by atoms with Gasteiger partial charge in [-0.25, -0.2) is 0 Å². The Bertz CT molecular complexity index is 2010. The average Bonchev–Trinajstić information content (AvgIpc) is 3.05. The van der Waals surface area contributed by atoms with E-state index in [1.54, 1.807) is 0 Å². The molecule has 2 aromatic heterocycles. The molecular formula is C42H36IrN2-2. The van der Waals surface area contributed by atoms with Crippen molar-refractivity contribution in [2.45, 2.75) is 34.1 Å². The van der Waals surface area contributed by atoms with Crippen molar-refractivity contribution < 1.29 is 20.1 Å². The van der Waals surface area contributed by atoms with E-state index in [0.717, 1.165) is 28.9 Å². The monoisotopic (exact) mass is 761 g/mol. The topological polar surface area (TPSA) is 25.8 Å². The van der Waals surface area contributed by atoms with E-state index in [-0.39, 0.29) is 20.1 Å². The number of pyridine rings is 2. The van der Waals surface area contributed by atoms with Gasteiger partial charge in [-0.15, -0.1) is 70.8 Å². The fourth-order valence-electron chi connectivity index (χ4n) is 5.56. The number of aromatic nitrogens is 2. The molecule has 0 amide bonds. The quantitative estimate of drug-likeness (QED) is 0.132. The number of hydrogen-bond acceptors (Lipinski definition) is 2. The molecule has 1 radical (unpaired) electrons. The van der Waals surface area contributed by atoms with Crippen molar-refractivity contribution in [3.05, 3.63) is 157 Å². The molecule has 7 rings (SSSR count). The maximum atomic E-state index is 4.53. The van der Waals surface area contributed by atoms with E-state index < -0.39 is 0 Å². The van der Waals surface area contributed by atoms with Crippen LogP contribution in [0.5, 0.6) is 0 Å². The SMILES string of the molecule is Cc1c[c-]c(-c2ccc(CC(C)(C)C)cn2)cc1.[Ir].[c-]1ccc(-c2cc3ccccc3c3ccccc23)cc1-c1ccccn1. The van der Waals surface area contributed by atoms with Gasteiger partial charge in [-0.2, -0.15) is 0 Å². The van der Waals surface area contributed by atoms with Crippen LogP contribution in [0.3, 0.4) is 0 Å². The molecule has 0 atom stereocenters. The van der Waals surface area contributed by atoms with E-state index in [1.165, 1.54) is 43.8 Å². The normalized spacial score (nSPS) is 11.0. The van der Waals surface area contributed by atoms with E-state index in [9.17, 15) is 0 Å². The minimum Gasteiger partial charge on any atom is -0.305 e. The predicted molar refractivity (Wildman–Crippen MR) is 185 cm³/mol. The molecule has 2 heterocycles. The summed E-state index contributed by atoms with van der Waals surface area (Å²) in [5.74, 6) is 0. The first-order valence-corrected chi connectivity index (χ1v) is 15.1. The number of benzene rings is 5. The second kappa shape index (κ2) is 14.1. The molecule has 45 heavy (non-hydrogen) atoms. The molecule has 0 fully saturated rings. The zero-order chi connectivity index (χ0) is 30.5. The van der Waals surface area contributed by atoms with Crippen molar-refractivity contribution in [2.75, 3.05) is 0 Å². The summed E-state index contributed by atoms with van der Waals surface area (Å²) in [5, 5.41) is 5.10. The predicted octanol–water partition coefficient (Wildman–Crippen LogP) is 11.0.